The van der Waals surface area contributed by atoms with Gasteiger partial charge in [-0.25, -0.2) is 0 Å². The van der Waals surface area contributed by atoms with E-state index in [9.17, 15) is 0 Å². The third kappa shape index (κ3) is 2.21. The third-order valence-electron chi connectivity index (χ3n) is 3.02. The van der Waals surface area contributed by atoms with Crippen molar-refractivity contribution in [1.29, 1.82) is 0 Å². The second-order valence-corrected chi connectivity index (χ2v) is 5.51. The van der Waals surface area contributed by atoms with Crippen LogP contribution in [0.3, 0.4) is 0 Å². The Bertz CT molecular complexity index is 808. The number of H-pyrrole nitrogens is 1. The number of hydrogen-bond acceptors (Lipinski definition) is 3. The number of aryl methyl sites for hydroxylation is 1. The molecule has 0 aliphatic rings. The molecule has 0 amide bonds. The zero-order valence-electron chi connectivity index (χ0n) is 10.7. The third-order valence-corrected chi connectivity index (χ3v) is 4.33. The normalized spacial score (nSPS) is 10.7. The number of aromatic nitrogens is 4. The molecule has 3 rings (SSSR count). The van der Waals surface area contributed by atoms with Gasteiger partial charge in [0.15, 0.2) is 10.6 Å². The summed E-state index contributed by atoms with van der Waals surface area (Å²) in [7, 11) is 0. The highest BCUT2D eigenvalue weighted by Crippen LogP contribution is 2.28. The minimum absolute atomic E-state index is 0.558. The molecule has 0 atom stereocenters. The first-order valence-electron chi connectivity index (χ1n) is 6.02. The molecule has 3 aromatic rings. The van der Waals surface area contributed by atoms with Crippen LogP contribution in [0, 0.1) is 11.7 Å². The van der Waals surface area contributed by atoms with Crippen LogP contribution in [0.1, 0.15) is 5.56 Å². The minimum atomic E-state index is 0.558. The van der Waals surface area contributed by atoms with Crippen LogP contribution >= 0.6 is 28.1 Å². The molecular formula is C14H11BrN4S. The summed E-state index contributed by atoms with van der Waals surface area (Å²) in [5.74, 6) is 0.767. The van der Waals surface area contributed by atoms with Gasteiger partial charge in [-0.1, -0.05) is 12.1 Å². The highest BCUT2D eigenvalue weighted by molar-refractivity contribution is 9.10. The van der Waals surface area contributed by atoms with Crippen LogP contribution in [-0.4, -0.2) is 19.7 Å². The van der Waals surface area contributed by atoms with Gasteiger partial charge in [-0.2, -0.15) is 5.10 Å². The standard InChI is InChI=1S/C14H11BrN4S/c1-9-3-2-4-11(12(9)15)19-13(17-18-14(19)20)10-5-7-16-8-6-10/h2-8H,1H3,(H,18,20). The molecule has 0 unspecified atom stereocenters. The molecule has 20 heavy (non-hydrogen) atoms. The number of rotatable bonds is 2. The van der Waals surface area contributed by atoms with E-state index in [1.54, 1.807) is 12.4 Å². The topological polar surface area (TPSA) is 46.5 Å². The maximum atomic E-state index is 5.37. The van der Waals surface area contributed by atoms with Gasteiger partial charge in [0.2, 0.25) is 0 Å². The van der Waals surface area contributed by atoms with Crippen LogP contribution in [0.2, 0.25) is 0 Å². The molecule has 0 saturated heterocycles. The van der Waals surface area contributed by atoms with E-state index in [0.717, 1.165) is 27.1 Å². The van der Waals surface area contributed by atoms with Crippen LogP contribution in [0.5, 0.6) is 0 Å². The van der Waals surface area contributed by atoms with Crippen LogP contribution < -0.4 is 0 Å². The molecule has 0 aliphatic carbocycles. The first kappa shape index (κ1) is 13.2. The Labute approximate surface area is 129 Å². The summed E-state index contributed by atoms with van der Waals surface area (Å²) >= 11 is 8.99. The molecule has 100 valence electrons. The van der Waals surface area contributed by atoms with Gasteiger partial charge in [0.25, 0.3) is 0 Å². The lowest BCUT2D eigenvalue weighted by atomic mass is 10.2. The zero-order chi connectivity index (χ0) is 14.1. The Morgan fingerprint density at radius 3 is 2.70 bits per heavy atom. The van der Waals surface area contributed by atoms with Crippen molar-refractivity contribution in [1.82, 2.24) is 19.7 Å². The first-order chi connectivity index (χ1) is 9.68. The maximum Gasteiger partial charge on any atom is 0.200 e. The van der Waals surface area contributed by atoms with Gasteiger partial charge < -0.3 is 0 Å². The smallest absolute Gasteiger partial charge is 0.200 e. The molecule has 0 spiro atoms. The fraction of sp³-hybridized carbons (Fsp3) is 0.0714. The molecule has 4 nitrogen and oxygen atoms in total. The van der Waals surface area contributed by atoms with Gasteiger partial charge in [0.05, 0.1) is 5.69 Å². The van der Waals surface area contributed by atoms with E-state index in [1.165, 1.54) is 0 Å². The number of nitrogens with zero attached hydrogens (tertiary/aromatic N) is 3. The average Bonchev–Trinajstić information content (AvgIpc) is 2.85. The quantitative estimate of drug-likeness (QED) is 0.711. The van der Waals surface area contributed by atoms with Crippen molar-refractivity contribution < 1.29 is 0 Å². The van der Waals surface area contributed by atoms with Crippen molar-refractivity contribution >= 4 is 28.1 Å². The molecule has 0 saturated carbocycles. The van der Waals surface area contributed by atoms with Crippen molar-refractivity contribution in [2.75, 3.05) is 0 Å². The number of halogens is 1. The Morgan fingerprint density at radius 1 is 1.20 bits per heavy atom. The lowest BCUT2D eigenvalue weighted by Crippen LogP contribution is -1.99. The van der Waals surface area contributed by atoms with Gasteiger partial charge in [-0.05, 0) is 58.8 Å². The monoisotopic (exact) mass is 346 g/mol. The number of hydrogen-bond donors (Lipinski definition) is 1. The maximum absolute atomic E-state index is 5.37. The van der Waals surface area contributed by atoms with Crippen molar-refractivity contribution in [2.45, 2.75) is 6.92 Å². The van der Waals surface area contributed by atoms with E-state index in [0.29, 0.717) is 4.77 Å². The number of aromatic amines is 1. The first-order valence-corrected chi connectivity index (χ1v) is 7.22. The minimum Gasteiger partial charge on any atom is -0.267 e. The van der Waals surface area contributed by atoms with Crippen LogP contribution in [0.25, 0.3) is 17.1 Å². The van der Waals surface area contributed by atoms with Crippen molar-refractivity contribution in [3.63, 3.8) is 0 Å². The van der Waals surface area contributed by atoms with Crippen molar-refractivity contribution in [3.8, 4) is 17.1 Å². The van der Waals surface area contributed by atoms with E-state index in [4.69, 9.17) is 12.2 Å². The molecule has 0 radical (unpaired) electrons. The zero-order valence-corrected chi connectivity index (χ0v) is 13.1. The molecule has 0 bridgehead atoms. The molecule has 2 heterocycles. The average molecular weight is 347 g/mol. The highest BCUT2D eigenvalue weighted by atomic mass is 79.9. The summed E-state index contributed by atoms with van der Waals surface area (Å²) in [6, 6.07) is 9.87. The summed E-state index contributed by atoms with van der Waals surface area (Å²) in [5, 5.41) is 7.19. The predicted molar refractivity (Wildman–Crippen MR) is 84.4 cm³/mol. The highest BCUT2D eigenvalue weighted by Gasteiger charge is 2.13. The number of pyridine rings is 1. The van der Waals surface area contributed by atoms with Crippen LogP contribution in [-0.2, 0) is 0 Å². The lowest BCUT2D eigenvalue weighted by Gasteiger charge is -2.10. The Morgan fingerprint density at radius 2 is 1.95 bits per heavy atom. The molecule has 1 aromatic carbocycles. The molecule has 0 aliphatic heterocycles. The van der Waals surface area contributed by atoms with Gasteiger partial charge in [-0.15, -0.1) is 0 Å². The van der Waals surface area contributed by atoms with E-state index >= 15 is 0 Å². The van der Waals surface area contributed by atoms with Gasteiger partial charge in [0.1, 0.15) is 0 Å². The van der Waals surface area contributed by atoms with Gasteiger partial charge in [-0.3, -0.25) is 14.6 Å². The molecule has 1 N–H and O–H groups in total. The lowest BCUT2D eigenvalue weighted by molar-refractivity contribution is 1.02. The Kier molecular flexibility index (Phi) is 3.50. The van der Waals surface area contributed by atoms with E-state index < -0.39 is 0 Å². The molecule has 6 heteroatoms. The molecule has 0 fully saturated rings. The second-order valence-electron chi connectivity index (χ2n) is 4.33. The number of nitrogens with one attached hydrogen (secondary N) is 1. The SMILES string of the molecule is Cc1cccc(-n2c(-c3ccncc3)n[nH]c2=S)c1Br. The predicted octanol–water partition coefficient (Wildman–Crippen LogP) is 4.06. The summed E-state index contributed by atoms with van der Waals surface area (Å²) in [4.78, 5) is 4.03. The van der Waals surface area contributed by atoms with Gasteiger partial charge >= 0.3 is 0 Å². The summed E-state index contributed by atoms with van der Waals surface area (Å²) in [6.07, 6.45) is 3.48. The van der Waals surface area contributed by atoms with E-state index in [1.807, 2.05) is 41.8 Å². The number of benzene rings is 1. The van der Waals surface area contributed by atoms with E-state index in [2.05, 4.69) is 31.1 Å². The summed E-state index contributed by atoms with van der Waals surface area (Å²) in [6.45, 7) is 2.05. The Balaban J connectivity index is 2.28. The van der Waals surface area contributed by atoms with Crippen molar-refractivity contribution in [3.05, 3.63) is 57.5 Å². The van der Waals surface area contributed by atoms with Crippen molar-refractivity contribution in [2.24, 2.45) is 0 Å². The largest absolute Gasteiger partial charge is 0.267 e. The molecular weight excluding hydrogens is 336 g/mol. The molecule has 2 aromatic heterocycles. The van der Waals surface area contributed by atoms with Gasteiger partial charge in [0, 0.05) is 22.4 Å². The Hall–Kier alpha value is -1.79. The summed E-state index contributed by atoms with van der Waals surface area (Å²) < 4.78 is 3.48. The second kappa shape index (κ2) is 5.30. The van der Waals surface area contributed by atoms with E-state index in [-0.39, 0.29) is 0 Å². The fourth-order valence-electron chi connectivity index (χ4n) is 2.02. The van der Waals surface area contributed by atoms with Crippen LogP contribution in [0.4, 0.5) is 0 Å². The fourth-order valence-corrected chi connectivity index (χ4v) is 2.69. The summed E-state index contributed by atoms with van der Waals surface area (Å²) in [5.41, 5.74) is 3.07. The van der Waals surface area contributed by atoms with Crippen LogP contribution in [0.15, 0.2) is 47.2 Å².